The van der Waals surface area contributed by atoms with Gasteiger partial charge in [-0.3, -0.25) is 10.3 Å². The van der Waals surface area contributed by atoms with Crippen molar-refractivity contribution in [3.05, 3.63) is 0 Å². The SMILES string of the molecule is CCN(C(C)C)C(C)CC(=N)N. The first-order valence-corrected chi connectivity index (χ1v) is 4.57. The van der Waals surface area contributed by atoms with E-state index in [1.807, 2.05) is 0 Å². The molecule has 1 unspecified atom stereocenters. The molecule has 3 N–H and O–H groups in total. The number of amidine groups is 1. The van der Waals surface area contributed by atoms with Gasteiger partial charge in [0, 0.05) is 18.5 Å². The number of hydrogen-bond donors (Lipinski definition) is 2. The second kappa shape index (κ2) is 5.14. The number of hydrogen-bond acceptors (Lipinski definition) is 2. The Bertz CT molecular complexity index is 143. The van der Waals surface area contributed by atoms with Gasteiger partial charge in [-0.15, -0.1) is 0 Å². The fourth-order valence-corrected chi connectivity index (χ4v) is 1.62. The summed E-state index contributed by atoms with van der Waals surface area (Å²) in [5.74, 6) is 0.279. The summed E-state index contributed by atoms with van der Waals surface area (Å²) in [6.07, 6.45) is 0.673. The Morgan fingerprint density at radius 2 is 1.92 bits per heavy atom. The van der Waals surface area contributed by atoms with E-state index in [2.05, 4.69) is 32.6 Å². The molecule has 0 spiro atoms. The van der Waals surface area contributed by atoms with Crippen molar-refractivity contribution in [1.29, 1.82) is 5.41 Å². The van der Waals surface area contributed by atoms with Gasteiger partial charge in [0.1, 0.15) is 0 Å². The van der Waals surface area contributed by atoms with E-state index in [9.17, 15) is 0 Å². The molecular weight excluding hydrogens is 150 g/mol. The van der Waals surface area contributed by atoms with Crippen molar-refractivity contribution in [2.75, 3.05) is 6.54 Å². The molecule has 0 saturated heterocycles. The highest BCUT2D eigenvalue weighted by Gasteiger charge is 2.15. The molecule has 0 aliphatic carbocycles. The highest BCUT2D eigenvalue weighted by atomic mass is 15.2. The van der Waals surface area contributed by atoms with Crippen LogP contribution in [-0.2, 0) is 0 Å². The van der Waals surface area contributed by atoms with Crippen molar-refractivity contribution in [3.63, 3.8) is 0 Å². The molecule has 0 radical (unpaired) electrons. The molecule has 0 aromatic rings. The fourth-order valence-electron chi connectivity index (χ4n) is 1.62. The first kappa shape index (κ1) is 11.4. The molecule has 0 fully saturated rings. The predicted octanol–water partition coefficient (Wildman–Crippen LogP) is 1.43. The molecule has 0 heterocycles. The number of nitrogens with one attached hydrogen (secondary N) is 1. The zero-order valence-electron chi connectivity index (χ0n) is 8.59. The third-order valence-corrected chi connectivity index (χ3v) is 2.11. The maximum absolute atomic E-state index is 7.19. The Hall–Kier alpha value is -0.570. The smallest absolute Gasteiger partial charge is 0.0920 e. The van der Waals surface area contributed by atoms with Crippen molar-refractivity contribution < 1.29 is 0 Å². The number of rotatable bonds is 5. The molecule has 0 aliphatic heterocycles. The van der Waals surface area contributed by atoms with Crippen molar-refractivity contribution >= 4 is 5.84 Å². The summed E-state index contributed by atoms with van der Waals surface area (Å²) in [5, 5.41) is 7.19. The summed E-state index contributed by atoms with van der Waals surface area (Å²) in [6.45, 7) is 9.61. The van der Waals surface area contributed by atoms with Crippen LogP contribution in [0.1, 0.15) is 34.1 Å². The molecule has 72 valence electrons. The Morgan fingerprint density at radius 3 is 2.17 bits per heavy atom. The Kier molecular flexibility index (Phi) is 4.90. The van der Waals surface area contributed by atoms with Crippen molar-refractivity contribution in [2.24, 2.45) is 5.73 Å². The molecule has 12 heavy (non-hydrogen) atoms. The molecule has 3 nitrogen and oxygen atoms in total. The van der Waals surface area contributed by atoms with Crippen LogP contribution < -0.4 is 5.73 Å². The molecule has 0 aromatic carbocycles. The number of nitrogens with zero attached hydrogens (tertiary/aromatic N) is 1. The Balaban J connectivity index is 4.02. The van der Waals surface area contributed by atoms with Crippen LogP contribution in [0, 0.1) is 5.41 Å². The lowest BCUT2D eigenvalue weighted by Crippen LogP contribution is -2.40. The van der Waals surface area contributed by atoms with Crippen molar-refractivity contribution in [3.8, 4) is 0 Å². The molecule has 0 aromatic heterocycles. The lowest BCUT2D eigenvalue weighted by Gasteiger charge is -2.31. The molecule has 0 bridgehead atoms. The van der Waals surface area contributed by atoms with E-state index in [4.69, 9.17) is 11.1 Å². The Morgan fingerprint density at radius 1 is 1.42 bits per heavy atom. The molecule has 0 saturated carbocycles. The first-order valence-electron chi connectivity index (χ1n) is 4.57. The maximum Gasteiger partial charge on any atom is 0.0920 e. The monoisotopic (exact) mass is 171 g/mol. The van der Waals surface area contributed by atoms with Gasteiger partial charge < -0.3 is 5.73 Å². The van der Waals surface area contributed by atoms with E-state index in [0.717, 1.165) is 6.54 Å². The van der Waals surface area contributed by atoms with Crippen LogP contribution in [-0.4, -0.2) is 29.4 Å². The lowest BCUT2D eigenvalue weighted by molar-refractivity contribution is 0.177. The average molecular weight is 171 g/mol. The van der Waals surface area contributed by atoms with E-state index in [1.54, 1.807) is 0 Å². The van der Waals surface area contributed by atoms with Gasteiger partial charge in [0.25, 0.3) is 0 Å². The van der Waals surface area contributed by atoms with Gasteiger partial charge in [-0.1, -0.05) is 6.92 Å². The second-order valence-corrected chi connectivity index (χ2v) is 3.50. The van der Waals surface area contributed by atoms with E-state index < -0.39 is 0 Å². The van der Waals surface area contributed by atoms with Crippen molar-refractivity contribution in [2.45, 2.75) is 46.2 Å². The third kappa shape index (κ3) is 3.72. The molecule has 0 amide bonds. The number of nitrogens with two attached hydrogens (primary N) is 1. The minimum absolute atomic E-state index is 0.279. The van der Waals surface area contributed by atoms with Crippen LogP contribution in [0.3, 0.4) is 0 Å². The zero-order valence-corrected chi connectivity index (χ0v) is 8.59. The minimum Gasteiger partial charge on any atom is -0.388 e. The van der Waals surface area contributed by atoms with Gasteiger partial charge in [-0.25, -0.2) is 0 Å². The fraction of sp³-hybridized carbons (Fsp3) is 0.889. The summed E-state index contributed by atoms with van der Waals surface area (Å²) in [4.78, 5) is 2.33. The second-order valence-electron chi connectivity index (χ2n) is 3.50. The summed E-state index contributed by atoms with van der Waals surface area (Å²) in [7, 11) is 0. The molecule has 0 rings (SSSR count). The van der Waals surface area contributed by atoms with Crippen LogP contribution in [0.25, 0.3) is 0 Å². The van der Waals surface area contributed by atoms with Gasteiger partial charge in [-0.05, 0) is 27.3 Å². The van der Waals surface area contributed by atoms with E-state index in [0.29, 0.717) is 18.5 Å². The van der Waals surface area contributed by atoms with E-state index >= 15 is 0 Å². The highest BCUT2D eigenvalue weighted by Crippen LogP contribution is 2.07. The normalized spacial score (nSPS) is 13.8. The Labute approximate surface area is 75.4 Å². The van der Waals surface area contributed by atoms with Crippen LogP contribution in [0.15, 0.2) is 0 Å². The molecular formula is C9H21N3. The van der Waals surface area contributed by atoms with Gasteiger partial charge in [0.2, 0.25) is 0 Å². The van der Waals surface area contributed by atoms with E-state index in [-0.39, 0.29) is 5.84 Å². The maximum atomic E-state index is 7.19. The van der Waals surface area contributed by atoms with Crippen LogP contribution in [0.2, 0.25) is 0 Å². The summed E-state index contributed by atoms with van der Waals surface area (Å²) in [5.41, 5.74) is 5.34. The van der Waals surface area contributed by atoms with Gasteiger partial charge in [0.15, 0.2) is 0 Å². The molecule has 3 heteroatoms. The summed E-state index contributed by atoms with van der Waals surface area (Å²) >= 11 is 0. The summed E-state index contributed by atoms with van der Waals surface area (Å²) < 4.78 is 0. The quantitative estimate of drug-likeness (QED) is 0.485. The topological polar surface area (TPSA) is 53.1 Å². The lowest BCUT2D eigenvalue weighted by atomic mass is 10.1. The molecule has 1 atom stereocenters. The van der Waals surface area contributed by atoms with Gasteiger partial charge in [0.05, 0.1) is 5.84 Å². The van der Waals surface area contributed by atoms with Crippen LogP contribution in [0.5, 0.6) is 0 Å². The van der Waals surface area contributed by atoms with Gasteiger partial charge in [-0.2, -0.15) is 0 Å². The van der Waals surface area contributed by atoms with Crippen molar-refractivity contribution in [1.82, 2.24) is 4.90 Å². The average Bonchev–Trinajstić information content (AvgIpc) is 1.85. The first-order chi connectivity index (χ1) is 5.49. The third-order valence-electron chi connectivity index (χ3n) is 2.11. The molecule has 0 aliphatic rings. The van der Waals surface area contributed by atoms with Crippen LogP contribution >= 0.6 is 0 Å². The minimum atomic E-state index is 0.279. The zero-order chi connectivity index (χ0) is 9.72. The van der Waals surface area contributed by atoms with E-state index in [1.165, 1.54) is 0 Å². The van der Waals surface area contributed by atoms with Gasteiger partial charge >= 0.3 is 0 Å². The largest absolute Gasteiger partial charge is 0.388 e. The standard InChI is InChI=1S/C9H21N3/c1-5-12(7(2)3)8(4)6-9(10)11/h7-8H,5-6H2,1-4H3,(H3,10,11). The summed E-state index contributed by atoms with van der Waals surface area (Å²) in [6, 6.07) is 0.914. The highest BCUT2D eigenvalue weighted by molar-refractivity contribution is 5.77. The van der Waals surface area contributed by atoms with Crippen LogP contribution in [0.4, 0.5) is 0 Å². The predicted molar refractivity (Wildman–Crippen MR) is 53.5 cm³/mol.